The van der Waals surface area contributed by atoms with Gasteiger partial charge in [-0.1, -0.05) is 30.3 Å². The lowest BCUT2D eigenvalue weighted by molar-refractivity contribution is -0.154. The van der Waals surface area contributed by atoms with Gasteiger partial charge >= 0.3 is 5.97 Å². The molecule has 9 heteroatoms. The number of ketones is 1. The van der Waals surface area contributed by atoms with Crippen LogP contribution in [0.2, 0.25) is 0 Å². The van der Waals surface area contributed by atoms with Gasteiger partial charge in [0.2, 0.25) is 17.7 Å². The minimum absolute atomic E-state index is 0.136. The molecule has 2 aromatic rings. The fourth-order valence-corrected chi connectivity index (χ4v) is 5.91. The molecule has 0 spiro atoms. The van der Waals surface area contributed by atoms with Gasteiger partial charge in [-0.05, 0) is 36.8 Å². The Morgan fingerprint density at radius 2 is 1.71 bits per heavy atom. The number of amides is 3. The van der Waals surface area contributed by atoms with E-state index in [9.17, 15) is 24.0 Å². The molecule has 5 rings (SSSR count). The van der Waals surface area contributed by atoms with Crippen LogP contribution in [0.25, 0.3) is 0 Å². The number of hydrogen-bond donors (Lipinski definition) is 1. The van der Waals surface area contributed by atoms with E-state index in [2.05, 4.69) is 5.32 Å². The average molecular weight is 476 g/mol. The van der Waals surface area contributed by atoms with Crippen molar-refractivity contribution >= 4 is 35.2 Å². The summed E-state index contributed by atoms with van der Waals surface area (Å²) in [6.45, 7) is 2.15. The molecular weight excluding hydrogens is 450 g/mol. The topological polar surface area (TPSA) is 113 Å². The maximum atomic E-state index is 13.9. The van der Waals surface area contributed by atoms with Crippen molar-refractivity contribution in [3.05, 3.63) is 65.7 Å². The molecule has 0 radical (unpaired) electrons. The van der Waals surface area contributed by atoms with Crippen molar-refractivity contribution < 1.29 is 28.7 Å². The molecule has 0 saturated carbocycles. The number of carbonyl (C=O) groups is 5. The van der Waals surface area contributed by atoms with Crippen molar-refractivity contribution in [3.63, 3.8) is 0 Å². The van der Waals surface area contributed by atoms with Gasteiger partial charge in [-0.2, -0.15) is 0 Å². The number of rotatable bonds is 5. The third-order valence-corrected chi connectivity index (χ3v) is 7.40. The molecule has 1 N–H and O–H groups in total. The Hall–Kier alpha value is -3.85. The second-order valence-electron chi connectivity index (χ2n) is 9.10. The highest BCUT2D eigenvalue weighted by molar-refractivity contribution is 6.24. The van der Waals surface area contributed by atoms with Gasteiger partial charge < -0.3 is 10.1 Å². The Labute approximate surface area is 202 Å². The molecule has 2 aromatic carbocycles. The number of methoxy groups -OCH3 is 1. The van der Waals surface area contributed by atoms with Crippen LogP contribution in [-0.2, 0) is 23.9 Å². The monoisotopic (exact) mass is 475 g/mol. The Bertz CT molecular complexity index is 1230. The van der Waals surface area contributed by atoms with E-state index in [4.69, 9.17) is 4.74 Å². The van der Waals surface area contributed by atoms with Crippen LogP contribution in [0.4, 0.5) is 5.69 Å². The standard InChI is InChI=1S/C26H25N3O6/c1-15(30)16-8-10-18(11-9-16)29-23(32)20-21(24(29)33)26(14-19(31)35-2)25(34)27-12-13-28(26)22(20)17-6-4-3-5-7-17/h3-11,20-22H,12-14H2,1-2H3,(H,27,34)/t20-,21-,22+,26-/m0/s1. The van der Waals surface area contributed by atoms with Crippen molar-refractivity contribution in [2.75, 3.05) is 25.1 Å². The van der Waals surface area contributed by atoms with Crippen LogP contribution in [0.5, 0.6) is 0 Å². The van der Waals surface area contributed by atoms with Crippen molar-refractivity contribution in [1.82, 2.24) is 10.2 Å². The van der Waals surface area contributed by atoms with Crippen LogP contribution < -0.4 is 10.2 Å². The third kappa shape index (κ3) is 3.30. The van der Waals surface area contributed by atoms with Crippen LogP contribution in [-0.4, -0.2) is 60.1 Å². The highest BCUT2D eigenvalue weighted by atomic mass is 16.5. The van der Waals surface area contributed by atoms with E-state index in [-0.39, 0.29) is 12.2 Å². The summed E-state index contributed by atoms with van der Waals surface area (Å²) in [5, 5.41) is 2.81. The second-order valence-corrected chi connectivity index (χ2v) is 9.10. The van der Waals surface area contributed by atoms with E-state index >= 15 is 0 Å². The number of hydrogen-bond acceptors (Lipinski definition) is 7. The number of imide groups is 1. The lowest BCUT2D eigenvalue weighted by atomic mass is 9.76. The fraction of sp³-hybridized carbons (Fsp3) is 0.346. The number of benzene rings is 2. The molecule has 0 aromatic heterocycles. The van der Waals surface area contributed by atoms with Crippen molar-refractivity contribution in [2.45, 2.75) is 24.9 Å². The van der Waals surface area contributed by atoms with Gasteiger partial charge in [0.1, 0.15) is 5.54 Å². The number of nitrogens with one attached hydrogen (secondary N) is 1. The minimum Gasteiger partial charge on any atom is -0.469 e. The second kappa shape index (κ2) is 8.42. The zero-order valence-corrected chi connectivity index (χ0v) is 19.4. The molecule has 4 atom stereocenters. The number of ether oxygens (including phenoxy) is 1. The number of fused-ring (bicyclic) bond motifs is 3. The van der Waals surface area contributed by atoms with Gasteiger partial charge in [-0.25, -0.2) is 4.90 Å². The van der Waals surface area contributed by atoms with Crippen LogP contribution in [0.3, 0.4) is 0 Å². The number of piperazine rings is 1. The van der Waals surface area contributed by atoms with Gasteiger partial charge in [0.05, 0.1) is 31.1 Å². The maximum absolute atomic E-state index is 13.9. The summed E-state index contributed by atoms with van der Waals surface area (Å²) in [6.07, 6.45) is -0.351. The Balaban J connectivity index is 1.67. The molecule has 0 aliphatic carbocycles. The minimum atomic E-state index is -1.56. The predicted octanol–water partition coefficient (Wildman–Crippen LogP) is 1.48. The largest absolute Gasteiger partial charge is 0.469 e. The Morgan fingerprint density at radius 3 is 2.34 bits per heavy atom. The summed E-state index contributed by atoms with van der Waals surface area (Å²) in [7, 11) is 1.23. The molecule has 3 aliphatic heterocycles. The molecular formula is C26H25N3O6. The number of carbonyl (C=O) groups excluding carboxylic acids is 5. The number of nitrogens with zero attached hydrogens (tertiary/aromatic N) is 2. The van der Waals surface area contributed by atoms with Crippen LogP contribution in [0, 0.1) is 11.8 Å². The van der Waals surface area contributed by atoms with E-state index < -0.39 is 47.1 Å². The summed E-state index contributed by atoms with van der Waals surface area (Å²) >= 11 is 0. The van der Waals surface area contributed by atoms with Crippen LogP contribution in [0.15, 0.2) is 54.6 Å². The Kier molecular flexibility index (Phi) is 5.52. The van der Waals surface area contributed by atoms with Gasteiger partial charge in [0.25, 0.3) is 0 Å². The van der Waals surface area contributed by atoms with E-state index in [0.717, 1.165) is 10.5 Å². The first-order valence-electron chi connectivity index (χ1n) is 11.5. The summed E-state index contributed by atoms with van der Waals surface area (Å²) in [5.41, 5.74) is 0.00779. The fourth-order valence-electron chi connectivity index (χ4n) is 5.91. The van der Waals surface area contributed by atoms with Crippen LogP contribution in [0.1, 0.15) is 35.3 Å². The number of esters is 1. The van der Waals surface area contributed by atoms with Gasteiger partial charge in [0, 0.05) is 24.7 Å². The number of Topliss-reactive ketones (excluding diaryl/α,β-unsaturated/α-hetero) is 1. The smallest absolute Gasteiger partial charge is 0.307 e. The molecule has 3 heterocycles. The Morgan fingerprint density at radius 1 is 1.03 bits per heavy atom. The predicted molar refractivity (Wildman–Crippen MR) is 124 cm³/mol. The lowest BCUT2D eigenvalue weighted by Gasteiger charge is -2.45. The molecule has 9 nitrogen and oxygen atoms in total. The first kappa shape index (κ1) is 22.9. The maximum Gasteiger partial charge on any atom is 0.307 e. The van der Waals surface area contributed by atoms with E-state index in [1.54, 1.807) is 24.3 Å². The molecule has 180 valence electrons. The normalized spacial score (nSPS) is 27.9. The zero-order chi connectivity index (χ0) is 24.9. The molecule has 3 saturated heterocycles. The molecule has 3 amide bonds. The molecule has 35 heavy (non-hydrogen) atoms. The first-order chi connectivity index (χ1) is 16.8. The lowest BCUT2D eigenvalue weighted by Crippen LogP contribution is -2.67. The third-order valence-electron chi connectivity index (χ3n) is 7.40. The van der Waals surface area contributed by atoms with Crippen LogP contribution >= 0.6 is 0 Å². The SMILES string of the molecule is COC(=O)C[C@]12C(=O)NCCN1[C@H](c1ccccc1)[C@H]1C(=O)N(c3ccc(C(C)=O)cc3)C(=O)[C@H]12. The van der Waals surface area contributed by atoms with Crippen molar-refractivity contribution in [3.8, 4) is 0 Å². The van der Waals surface area contributed by atoms with Crippen molar-refractivity contribution in [2.24, 2.45) is 11.8 Å². The molecule has 0 bridgehead atoms. The van der Waals surface area contributed by atoms with E-state index in [0.29, 0.717) is 24.3 Å². The summed E-state index contributed by atoms with van der Waals surface area (Å²) in [5.74, 6) is -4.15. The summed E-state index contributed by atoms with van der Waals surface area (Å²) in [6, 6.07) is 14.9. The van der Waals surface area contributed by atoms with Gasteiger partial charge in [-0.3, -0.25) is 28.9 Å². The molecule has 3 aliphatic rings. The summed E-state index contributed by atoms with van der Waals surface area (Å²) in [4.78, 5) is 68.6. The molecule has 3 fully saturated rings. The van der Waals surface area contributed by atoms with Gasteiger partial charge in [-0.15, -0.1) is 0 Å². The number of anilines is 1. The van der Waals surface area contributed by atoms with Gasteiger partial charge in [0.15, 0.2) is 5.78 Å². The van der Waals surface area contributed by atoms with E-state index in [1.807, 2.05) is 35.2 Å². The average Bonchev–Trinajstić information content (AvgIpc) is 3.30. The quantitative estimate of drug-likeness (QED) is 0.396. The molecule has 0 unspecified atom stereocenters. The van der Waals surface area contributed by atoms with Crippen molar-refractivity contribution in [1.29, 1.82) is 0 Å². The highest BCUT2D eigenvalue weighted by Crippen LogP contribution is 2.57. The highest BCUT2D eigenvalue weighted by Gasteiger charge is 2.73. The van der Waals surface area contributed by atoms with E-state index in [1.165, 1.54) is 14.0 Å². The zero-order valence-electron chi connectivity index (χ0n) is 19.4. The first-order valence-corrected chi connectivity index (χ1v) is 11.5. The summed E-state index contributed by atoms with van der Waals surface area (Å²) < 4.78 is 4.92.